The van der Waals surface area contributed by atoms with Crippen molar-refractivity contribution in [3.8, 4) is 5.75 Å². The van der Waals surface area contributed by atoms with E-state index in [-0.39, 0.29) is 12.5 Å². The van der Waals surface area contributed by atoms with Crippen molar-refractivity contribution < 1.29 is 23.6 Å². The van der Waals surface area contributed by atoms with Gasteiger partial charge in [0.25, 0.3) is 0 Å². The van der Waals surface area contributed by atoms with E-state index >= 15 is 0 Å². The van der Waals surface area contributed by atoms with Gasteiger partial charge in [-0.15, -0.1) is 0 Å². The predicted octanol–water partition coefficient (Wildman–Crippen LogP) is 2.91. The fraction of sp³-hybridized carbons (Fsp3) is 0.286. The first-order valence-electron chi connectivity index (χ1n) is 6.63. The number of benzene rings is 1. The van der Waals surface area contributed by atoms with E-state index in [0.29, 0.717) is 5.75 Å². The van der Waals surface area contributed by atoms with Crippen LogP contribution in [0, 0.1) is 0 Å². The van der Waals surface area contributed by atoms with Crippen LogP contribution < -0.4 is 10.1 Å². The van der Waals surface area contributed by atoms with Gasteiger partial charge in [-0.2, -0.15) is 11.3 Å². The summed E-state index contributed by atoms with van der Waals surface area (Å²) in [5.74, 6) is 0.685. The maximum absolute atomic E-state index is 11.0. The second-order valence-electron chi connectivity index (χ2n) is 4.59. The van der Waals surface area contributed by atoms with Crippen molar-refractivity contribution in [3.05, 3.63) is 52.7 Å². The van der Waals surface area contributed by atoms with E-state index in [1.165, 1.54) is 11.3 Å². The zero-order chi connectivity index (χ0) is 16.0. The lowest BCUT2D eigenvalue weighted by Crippen LogP contribution is -2.30. The molecule has 2 rings (SSSR count). The summed E-state index contributed by atoms with van der Waals surface area (Å²) >= 11 is 1.53. The van der Waals surface area contributed by atoms with Crippen LogP contribution in [0.4, 0.5) is 0 Å². The van der Waals surface area contributed by atoms with Crippen molar-refractivity contribution in [1.29, 1.82) is 0 Å². The highest BCUT2D eigenvalue weighted by molar-refractivity contribution is 7.46. The molecule has 1 aromatic carbocycles. The van der Waals surface area contributed by atoms with Gasteiger partial charge >= 0.3 is 7.82 Å². The normalized spacial score (nSPS) is 14.5. The van der Waals surface area contributed by atoms with Gasteiger partial charge in [-0.3, -0.25) is 9.84 Å². The minimum Gasteiger partial charge on any atom is -0.486 e. The highest BCUT2D eigenvalue weighted by Crippen LogP contribution is 2.39. The highest BCUT2D eigenvalue weighted by Gasteiger charge is 2.26. The molecule has 0 amide bonds. The largest absolute Gasteiger partial charge is 0.486 e. The minimum atomic E-state index is -4.57. The van der Waals surface area contributed by atoms with E-state index in [9.17, 15) is 4.57 Å². The molecule has 0 aliphatic rings. The molecule has 120 valence electrons. The van der Waals surface area contributed by atoms with Crippen LogP contribution in [0.1, 0.15) is 18.1 Å². The van der Waals surface area contributed by atoms with Gasteiger partial charge < -0.3 is 14.5 Å². The number of hydrogen-bond acceptors (Lipinski definition) is 5. The Morgan fingerprint density at radius 3 is 2.55 bits per heavy atom. The molecule has 6 nitrogen and oxygen atoms in total. The van der Waals surface area contributed by atoms with E-state index < -0.39 is 14.1 Å². The van der Waals surface area contributed by atoms with Crippen molar-refractivity contribution in [2.75, 3.05) is 7.05 Å². The molecule has 2 atom stereocenters. The van der Waals surface area contributed by atoms with E-state index in [1.807, 2.05) is 47.2 Å². The number of rotatable bonds is 8. The number of para-hydroxylation sites is 1. The molecule has 0 fully saturated rings. The SMILES string of the molecule is CNC(CC(Oc1ccccc1)c1ccsc1)OP(=O)(O)O. The number of phosphoric acid groups is 1. The molecule has 0 saturated carbocycles. The van der Waals surface area contributed by atoms with Gasteiger partial charge in [0.1, 0.15) is 18.1 Å². The average molecular weight is 343 g/mol. The maximum atomic E-state index is 11.0. The Labute approximate surface area is 133 Å². The summed E-state index contributed by atoms with van der Waals surface area (Å²) in [6.45, 7) is 0. The summed E-state index contributed by atoms with van der Waals surface area (Å²) < 4.78 is 21.7. The molecule has 0 bridgehead atoms. The second kappa shape index (κ2) is 7.87. The number of ether oxygens (including phenoxy) is 1. The van der Waals surface area contributed by atoms with Crippen LogP contribution in [0.5, 0.6) is 5.75 Å². The standard InChI is InChI=1S/C14H18NO5PS/c1-15-14(20-21(16,17)18)9-13(11-7-8-22-10-11)19-12-5-3-2-4-6-12/h2-8,10,13-15H,9H2,1H3,(H2,16,17,18). The van der Waals surface area contributed by atoms with Crippen LogP contribution in [0.25, 0.3) is 0 Å². The van der Waals surface area contributed by atoms with Crippen molar-refractivity contribution in [2.24, 2.45) is 0 Å². The summed E-state index contributed by atoms with van der Waals surface area (Å²) in [4.78, 5) is 17.9. The van der Waals surface area contributed by atoms with Gasteiger partial charge in [0.15, 0.2) is 0 Å². The molecular formula is C14H18NO5PS. The average Bonchev–Trinajstić information content (AvgIpc) is 2.99. The van der Waals surface area contributed by atoms with Crippen molar-refractivity contribution >= 4 is 19.2 Å². The smallest absolute Gasteiger partial charge is 0.471 e. The lowest BCUT2D eigenvalue weighted by Gasteiger charge is -2.24. The van der Waals surface area contributed by atoms with Crippen LogP contribution in [0.2, 0.25) is 0 Å². The molecule has 2 aromatic rings. The fourth-order valence-corrected chi connectivity index (χ4v) is 3.17. The Hall–Kier alpha value is -1.21. The summed E-state index contributed by atoms with van der Waals surface area (Å²) in [5.41, 5.74) is 0.934. The maximum Gasteiger partial charge on any atom is 0.471 e. The third kappa shape index (κ3) is 5.53. The summed E-state index contributed by atoms with van der Waals surface area (Å²) in [6.07, 6.45) is -0.945. The lowest BCUT2D eigenvalue weighted by atomic mass is 10.1. The molecule has 1 heterocycles. The molecule has 2 unspecified atom stereocenters. The molecule has 0 aliphatic heterocycles. The molecule has 3 N–H and O–H groups in total. The van der Waals surface area contributed by atoms with Crippen molar-refractivity contribution in [3.63, 3.8) is 0 Å². The zero-order valence-corrected chi connectivity index (χ0v) is 13.7. The predicted molar refractivity (Wildman–Crippen MR) is 84.7 cm³/mol. The third-order valence-electron chi connectivity index (χ3n) is 2.95. The van der Waals surface area contributed by atoms with E-state index in [0.717, 1.165) is 5.56 Å². The van der Waals surface area contributed by atoms with Crippen LogP contribution >= 0.6 is 19.2 Å². The Morgan fingerprint density at radius 2 is 2.00 bits per heavy atom. The quantitative estimate of drug-likeness (QED) is 0.505. The molecule has 22 heavy (non-hydrogen) atoms. The number of thiophene rings is 1. The summed E-state index contributed by atoms with van der Waals surface area (Å²) in [7, 11) is -2.99. The monoisotopic (exact) mass is 343 g/mol. The number of hydrogen-bond donors (Lipinski definition) is 3. The Kier molecular flexibility index (Phi) is 6.14. The first-order chi connectivity index (χ1) is 10.5. The van der Waals surface area contributed by atoms with Crippen LogP contribution in [0.15, 0.2) is 47.2 Å². The van der Waals surface area contributed by atoms with E-state index in [4.69, 9.17) is 19.0 Å². The molecular weight excluding hydrogens is 325 g/mol. The first-order valence-corrected chi connectivity index (χ1v) is 9.10. The van der Waals surface area contributed by atoms with Gasteiger partial charge in [0.2, 0.25) is 0 Å². The molecule has 0 radical (unpaired) electrons. The number of phosphoric ester groups is 1. The van der Waals surface area contributed by atoms with E-state index in [2.05, 4.69) is 5.32 Å². The lowest BCUT2D eigenvalue weighted by molar-refractivity contribution is 0.0672. The number of nitrogens with one attached hydrogen (secondary N) is 1. The zero-order valence-electron chi connectivity index (χ0n) is 12.0. The van der Waals surface area contributed by atoms with Gasteiger partial charge in [-0.25, -0.2) is 4.57 Å². The van der Waals surface area contributed by atoms with Crippen molar-refractivity contribution in [1.82, 2.24) is 5.32 Å². The van der Waals surface area contributed by atoms with Gasteiger partial charge in [-0.1, -0.05) is 18.2 Å². The summed E-state index contributed by atoms with van der Waals surface area (Å²) in [5, 5.41) is 6.61. The molecule has 0 aliphatic carbocycles. The third-order valence-corrected chi connectivity index (χ3v) is 4.18. The van der Waals surface area contributed by atoms with Crippen LogP contribution in [-0.4, -0.2) is 23.1 Å². The molecule has 0 saturated heterocycles. The Balaban J connectivity index is 2.12. The minimum absolute atomic E-state index is 0.257. The Bertz CT molecular complexity index is 601. The summed E-state index contributed by atoms with van der Waals surface area (Å²) in [6, 6.07) is 11.2. The second-order valence-corrected chi connectivity index (χ2v) is 6.56. The van der Waals surface area contributed by atoms with Crippen molar-refractivity contribution in [2.45, 2.75) is 18.8 Å². The first kappa shape index (κ1) is 17.1. The fourth-order valence-electron chi connectivity index (χ4n) is 1.95. The van der Waals surface area contributed by atoms with E-state index in [1.54, 1.807) is 7.05 Å². The van der Waals surface area contributed by atoms with Crippen LogP contribution in [-0.2, 0) is 9.09 Å². The Morgan fingerprint density at radius 1 is 1.27 bits per heavy atom. The topological polar surface area (TPSA) is 88.0 Å². The van der Waals surface area contributed by atoms with Gasteiger partial charge in [0.05, 0.1) is 0 Å². The highest BCUT2D eigenvalue weighted by atomic mass is 32.1. The molecule has 8 heteroatoms. The van der Waals surface area contributed by atoms with Gasteiger partial charge in [-0.05, 0) is 36.0 Å². The van der Waals surface area contributed by atoms with Crippen LogP contribution in [0.3, 0.4) is 0 Å². The van der Waals surface area contributed by atoms with Gasteiger partial charge in [0, 0.05) is 12.0 Å². The molecule has 1 aromatic heterocycles. The molecule has 0 spiro atoms.